The van der Waals surface area contributed by atoms with Gasteiger partial charge in [-0.25, -0.2) is 4.79 Å². The minimum absolute atomic E-state index is 0.285. The van der Waals surface area contributed by atoms with Crippen LogP contribution < -0.4 is 0 Å². The van der Waals surface area contributed by atoms with E-state index in [2.05, 4.69) is 48.0 Å². The molecule has 7 heteroatoms. The van der Waals surface area contributed by atoms with Gasteiger partial charge in [-0.2, -0.15) is 4.98 Å². The van der Waals surface area contributed by atoms with Crippen molar-refractivity contribution in [2.75, 3.05) is 6.54 Å². The molecule has 0 radical (unpaired) electrons. The number of aromatic nitrogens is 3. The van der Waals surface area contributed by atoms with Gasteiger partial charge in [0, 0.05) is 47.4 Å². The summed E-state index contributed by atoms with van der Waals surface area (Å²) in [4.78, 5) is 19.0. The van der Waals surface area contributed by atoms with Gasteiger partial charge in [0.25, 0.3) is 5.89 Å². The van der Waals surface area contributed by atoms with Crippen LogP contribution in [-0.2, 0) is 17.7 Å². The average Bonchev–Trinajstić information content (AvgIpc) is 3.44. The fraction of sp³-hybridized carbons (Fsp3) is 0.370. The molecule has 1 aliphatic heterocycles. The molecule has 2 aromatic carbocycles. The monoisotopic (exact) mass is 458 g/mol. The van der Waals surface area contributed by atoms with Gasteiger partial charge in [-0.3, -0.25) is 0 Å². The number of carbonyl (C=O) groups is 1. The lowest BCUT2D eigenvalue weighted by Crippen LogP contribution is -2.40. The molecular weight excluding hydrogens is 428 g/mol. The van der Waals surface area contributed by atoms with Gasteiger partial charge in [0.15, 0.2) is 0 Å². The van der Waals surface area contributed by atoms with Crippen molar-refractivity contribution in [3.8, 4) is 22.8 Å². The third kappa shape index (κ3) is 4.18. The van der Waals surface area contributed by atoms with E-state index in [1.54, 1.807) is 4.90 Å². The fourth-order valence-corrected chi connectivity index (χ4v) is 4.50. The first-order valence-corrected chi connectivity index (χ1v) is 11.7. The number of fused-ring (bicyclic) bond motifs is 2. The summed E-state index contributed by atoms with van der Waals surface area (Å²) < 4.78 is 13.5. The van der Waals surface area contributed by atoms with Crippen molar-refractivity contribution in [2.45, 2.75) is 59.2 Å². The van der Waals surface area contributed by atoms with Gasteiger partial charge < -0.3 is 18.7 Å². The van der Waals surface area contributed by atoms with Crippen molar-refractivity contribution in [1.29, 1.82) is 0 Å². The molecule has 1 aliphatic rings. The highest BCUT2D eigenvalue weighted by molar-refractivity contribution is 5.84. The number of nitrogens with zero attached hydrogens (tertiary/aromatic N) is 4. The normalized spacial score (nSPS) is 14.0. The third-order valence-corrected chi connectivity index (χ3v) is 6.11. The Morgan fingerprint density at radius 1 is 1.15 bits per heavy atom. The van der Waals surface area contributed by atoms with Gasteiger partial charge in [0.2, 0.25) is 5.82 Å². The number of rotatable bonds is 3. The number of ether oxygens (including phenoxy) is 1. The first-order valence-electron chi connectivity index (χ1n) is 11.7. The predicted molar refractivity (Wildman–Crippen MR) is 131 cm³/mol. The molecule has 5 rings (SSSR count). The Morgan fingerprint density at radius 3 is 2.74 bits per heavy atom. The predicted octanol–water partition coefficient (Wildman–Crippen LogP) is 6.23. The summed E-state index contributed by atoms with van der Waals surface area (Å²) in [7, 11) is 0. The molecule has 0 aliphatic carbocycles. The zero-order valence-electron chi connectivity index (χ0n) is 20.3. The lowest BCUT2D eigenvalue weighted by Gasteiger charge is -2.31. The number of amides is 1. The van der Waals surface area contributed by atoms with Crippen LogP contribution in [0.25, 0.3) is 33.7 Å². The summed E-state index contributed by atoms with van der Waals surface area (Å²) in [5.41, 5.74) is 4.75. The summed E-state index contributed by atoms with van der Waals surface area (Å²) >= 11 is 0. The maximum absolute atomic E-state index is 12.5. The number of benzene rings is 2. The van der Waals surface area contributed by atoms with Crippen LogP contribution in [0.2, 0.25) is 0 Å². The number of hydrogen-bond donors (Lipinski definition) is 0. The fourth-order valence-electron chi connectivity index (χ4n) is 4.50. The molecular formula is C27H30N4O3. The molecule has 34 heavy (non-hydrogen) atoms. The SMILES string of the molecule is CC(C)n1ccc2cc(-c3nc(-c4cccc5c4CCN(C(=O)OC(C)(C)C)C5)no3)ccc21. The van der Waals surface area contributed by atoms with Crippen molar-refractivity contribution >= 4 is 17.0 Å². The summed E-state index contributed by atoms with van der Waals surface area (Å²) in [5.74, 6) is 1.07. The second-order valence-corrected chi connectivity index (χ2v) is 10.1. The highest BCUT2D eigenvalue weighted by Crippen LogP contribution is 2.32. The van der Waals surface area contributed by atoms with Gasteiger partial charge in [-0.1, -0.05) is 23.4 Å². The van der Waals surface area contributed by atoms with E-state index in [-0.39, 0.29) is 6.09 Å². The van der Waals surface area contributed by atoms with E-state index >= 15 is 0 Å². The van der Waals surface area contributed by atoms with Gasteiger partial charge in [0.1, 0.15) is 5.60 Å². The minimum Gasteiger partial charge on any atom is -0.444 e. The molecule has 2 aromatic heterocycles. The molecule has 0 spiro atoms. The molecule has 0 fully saturated rings. The van der Waals surface area contributed by atoms with Gasteiger partial charge >= 0.3 is 6.09 Å². The Morgan fingerprint density at radius 2 is 1.97 bits per heavy atom. The molecule has 176 valence electrons. The highest BCUT2D eigenvalue weighted by atomic mass is 16.6. The van der Waals surface area contributed by atoms with Gasteiger partial charge in [-0.05, 0) is 76.4 Å². The molecule has 1 amide bonds. The van der Waals surface area contributed by atoms with Gasteiger partial charge in [-0.15, -0.1) is 0 Å². The van der Waals surface area contributed by atoms with Crippen molar-refractivity contribution in [2.24, 2.45) is 0 Å². The first kappa shape index (κ1) is 22.2. The van der Waals surface area contributed by atoms with Crippen LogP contribution in [0.3, 0.4) is 0 Å². The molecule has 0 saturated heterocycles. The Labute approximate surface area is 199 Å². The molecule has 0 saturated carbocycles. The third-order valence-electron chi connectivity index (χ3n) is 6.11. The lowest BCUT2D eigenvalue weighted by molar-refractivity contribution is 0.0224. The van der Waals surface area contributed by atoms with Crippen LogP contribution in [0.1, 0.15) is 51.8 Å². The van der Waals surface area contributed by atoms with Crippen molar-refractivity contribution in [1.82, 2.24) is 19.6 Å². The number of carbonyl (C=O) groups excluding carboxylic acids is 1. The zero-order valence-corrected chi connectivity index (χ0v) is 20.3. The Hall–Kier alpha value is -3.61. The molecule has 7 nitrogen and oxygen atoms in total. The molecule has 0 bridgehead atoms. The summed E-state index contributed by atoms with van der Waals surface area (Å²) in [6.07, 6.45) is 2.53. The smallest absolute Gasteiger partial charge is 0.410 e. The van der Waals surface area contributed by atoms with Crippen molar-refractivity contribution in [3.63, 3.8) is 0 Å². The van der Waals surface area contributed by atoms with Crippen molar-refractivity contribution in [3.05, 3.63) is 59.8 Å². The maximum atomic E-state index is 12.5. The molecule has 4 aromatic rings. The van der Waals surface area contributed by atoms with Crippen LogP contribution in [0.4, 0.5) is 4.79 Å². The van der Waals surface area contributed by atoms with E-state index in [0.717, 1.165) is 27.6 Å². The second-order valence-electron chi connectivity index (χ2n) is 10.1. The van der Waals surface area contributed by atoms with E-state index in [1.165, 1.54) is 5.52 Å². The lowest BCUT2D eigenvalue weighted by atomic mass is 9.94. The Bertz CT molecular complexity index is 1360. The largest absolute Gasteiger partial charge is 0.444 e. The molecule has 0 N–H and O–H groups in total. The minimum atomic E-state index is -0.513. The maximum Gasteiger partial charge on any atom is 0.410 e. The van der Waals surface area contributed by atoms with E-state index in [4.69, 9.17) is 14.2 Å². The van der Waals surface area contributed by atoms with E-state index in [1.807, 2.05) is 45.0 Å². The van der Waals surface area contributed by atoms with E-state index in [9.17, 15) is 4.79 Å². The van der Waals surface area contributed by atoms with Crippen LogP contribution in [0.15, 0.2) is 53.2 Å². The van der Waals surface area contributed by atoms with Gasteiger partial charge in [0.05, 0.1) is 0 Å². The van der Waals surface area contributed by atoms with E-state index in [0.29, 0.717) is 37.3 Å². The van der Waals surface area contributed by atoms with Crippen LogP contribution in [-0.4, -0.2) is 37.8 Å². The van der Waals surface area contributed by atoms with Crippen LogP contribution in [0, 0.1) is 0 Å². The Balaban J connectivity index is 1.41. The van der Waals surface area contributed by atoms with Crippen molar-refractivity contribution < 1.29 is 14.1 Å². The standard InChI is InChI=1S/C27H30N4O3/c1-17(2)31-14-11-18-15-19(9-10-23(18)31)25-28-24(29-34-25)22-8-6-7-20-16-30(13-12-21(20)22)26(32)33-27(3,4)5/h6-11,14-15,17H,12-13,16H2,1-5H3. The van der Waals surface area contributed by atoms with E-state index < -0.39 is 5.60 Å². The first-order chi connectivity index (χ1) is 16.2. The molecule has 3 heterocycles. The van der Waals surface area contributed by atoms with Crippen LogP contribution >= 0.6 is 0 Å². The Kier molecular flexibility index (Phi) is 5.42. The van der Waals surface area contributed by atoms with Crippen LogP contribution in [0.5, 0.6) is 0 Å². The quantitative estimate of drug-likeness (QED) is 0.364. The second kappa shape index (κ2) is 8.31. The summed E-state index contributed by atoms with van der Waals surface area (Å²) in [6.45, 7) is 11.1. The topological polar surface area (TPSA) is 73.4 Å². The molecule has 0 unspecified atom stereocenters. The summed E-state index contributed by atoms with van der Waals surface area (Å²) in [6, 6.07) is 14.8. The molecule has 0 atom stereocenters. The highest BCUT2D eigenvalue weighted by Gasteiger charge is 2.27. The zero-order chi connectivity index (χ0) is 24.0. The average molecular weight is 459 g/mol. The summed E-state index contributed by atoms with van der Waals surface area (Å²) in [5, 5.41) is 5.43. The number of hydrogen-bond acceptors (Lipinski definition) is 5.